The number of alkyl halides is 3. The first-order valence-electron chi connectivity index (χ1n) is 12.0. The van der Waals surface area contributed by atoms with Gasteiger partial charge in [0, 0.05) is 32.1 Å². The smallest absolute Gasteiger partial charge is 0.399 e. The van der Waals surface area contributed by atoms with Gasteiger partial charge in [-0.05, 0) is 60.5 Å². The Morgan fingerprint density at radius 2 is 1.80 bits per heavy atom. The number of nitrogens with one attached hydrogen (secondary N) is 2. The van der Waals surface area contributed by atoms with Crippen molar-refractivity contribution < 1.29 is 18.0 Å². The van der Waals surface area contributed by atoms with Gasteiger partial charge in [-0.2, -0.15) is 13.2 Å². The Kier molecular flexibility index (Phi) is 7.59. The summed E-state index contributed by atoms with van der Waals surface area (Å²) in [5, 5.41) is 7.14. The molecule has 5 rings (SSSR count). The molecular weight excluding hydrogens is 559 g/mol. The van der Waals surface area contributed by atoms with E-state index in [0.717, 1.165) is 20.9 Å². The van der Waals surface area contributed by atoms with Gasteiger partial charge >= 0.3 is 6.18 Å². The van der Waals surface area contributed by atoms with Crippen LogP contribution in [0.5, 0.6) is 0 Å². The molecule has 3 heterocycles. The van der Waals surface area contributed by atoms with Crippen LogP contribution in [0.15, 0.2) is 76.1 Å². The zero-order valence-corrected chi connectivity index (χ0v) is 22.8. The van der Waals surface area contributed by atoms with E-state index in [4.69, 9.17) is 5.73 Å². The quantitative estimate of drug-likeness (QED) is 0.171. The number of benzene rings is 2. The molecule has 0 radical (unpaired) electrons. The van der Waals surface area contributed by atoms with Gasteiger partial charge in [0.2, 0.25) is 0 Å². The van der Waals surface area contributed by atoms with Crippen LogP contribution in [-0.4, -0.2) is 25.8 Å². The largest absolute Gasteiger partial charge is 0.434 e. The molecule has 0 aliphatic heterocycles. The van der Waals surface area contributed by atoms with Gasteiger partial charge in [-0.15, -0.1) is 11.3 Å². The van der Waals surface area contributed by atoms with Crippen LogP contribution in [0.3, 0.4) is 0 Å². The van der Waals surface area contributed by atoms with E-state index in [9.17, 15) is 18.0 Å². The Morgan fingerprint density at radius 1 is 1.02 bits per heavy atom. The highest BCUT2D eigenvalue weighted by Crippen LogP contribution is 2.37. The first kappa shape index (κ1) is 27.3. The van der Waals surface area contributed by atoms with Gasteiger partial charge in [0.1, 0.15) is 12.1 Å². The second kappa shape index (κ2) is 11.1. The van der Waals surface area contributed by atoms with E-state index in [0.29, 0.717) is 39.6 Å². The standard InChI is InChI=1S/C27H22F3N7OS2/c1-14(2)19-9-8-18-23(34-19)32-13-33-24(18)35-20-11-15(3-10-21(20)40-17-6-4-16(31)5-7-17)25(38)37-26-36-22(12-39-26)27(28,29)30/h3-14H,31H2,1-2H3,(H,36,37,38)(H,32,33,34,35). The van der Waals surface area contributed by atoms with Gasteiger partial charge in [0.05, 0.1) is 11.1 Å². The van der Waals surface area contributed by atoms with Crippen LogP contribution in [0.4, 0.5) is 35.5 Å². The van der Waals surface area contributed by atoms with Crippen LogP contribution in [0.25, 0.3) is 11.0 Å². The van der Waals surface area contributed by atoms with Crippen molar-refractivity contribution in [3.63, 3.8) is 0 Å². The minimum absolute atomic E-state index is 0.152. The van der Waals surface area contributed by atoms with E-state index >= 15 is 0 Å². The first-order chi connectivity index (χ1) is 19.1. The van der Waals surface area contributed by atoms with Gasteiger partial charge in [0.15, 0.2) is 16.5 Å². The molecule has 0 fully saturated rings. The number of pyridine rings is 1. The number of hydrogen-bond acceptors (Lipinski definition) is 9. The molecule has 0 aliphatic carbocycles. The molecule has 1 amide bonds. The van der Waals surface area contributed by atoms with E-state index in [-0.39, 0.29) is 16.6 Å². The van der Waals surface area contributed by atoms with Crippen molar-refractivity contribution in [2.24, 2.45) is 0 Å². The number of nitrogen functional groups attached to an aromatic ring is 1. The van der Waals surface area contributed by atoms with Crippen LogP contribution >= 0.6 is 23.1 Å². The maximum atomic E-state index is 13.0. The third-order valence-corrected chi connectivity index (χ3v) is 7.57. The topological polar surface area (TPSA) is 119 Å². The molecule has 3 aromatic heterocycles. The Hall–Kier alpha value is -4.23. The molecule has 40 heavy (non-hydrogen) atoms. The van der Waals surface area contributed by atoms with Crippen LogP contribution in [-0.2, 0) is 6.18 Å². The second-order valence-corrected chi connectivity index (χ2v) is 11.0. The van der Waals surface area contributed by atoms with Gasteiger partial charge in [0.25, 0.3) is 5.91 Å². The maximum Gasteiger partial charge on any atom is 0.434 e. The SMILES string of the molecule is CC(C)c1ccc2c(Nc3cc(C(=O)Nc4nc(C(F)(F)F)cs4)ccc3Sc3ccc(N)cc3)ncnc2n1. The Balaban J connectivity index is 1.49. The average Bonchev–Trinajstić information content (AvgIpc) is 3.40. The fraction of sp³-hybridized carbons (Fsp3) is 0.148. The summed E-state index contributed by atoms with van der Waals surface area (Å²) in [6, 6.07) is 16.1. The number of fused-ring (bicyclic) bond motifs is 1. The highest BCUT2D eigenvalue weighted by Gasteiger charge is 2.34. The van der Waals surface area contributed by atoms with Crippen molar-refractivity contribution in [3.8, 4) is 0 Å². The van der Waals surface area contributed by atoms with Gasteiger partial charge in [-0.3, -0.25) is 10.1 Å². The summed E-state index contributed by atoms with van der Waals surface area (Å²) in [6.07, 6.45) is -3.19. The summed E-state index contributed by atoms with van der Waals surface area (Å²) < 4.78 is 38.8. The molecule has 13 heteroatoms. The number of nitrogens with two attached hydrogens (primary N) is 1. The molecule has 204 valence electrons. The maximum absolute atomic E-state index is 13.0. The number of hydrogen-bond donors (Lipinski definition) is 3. The number of carbonyl (C=O) groups is 1. The van der Waals surface area contributed by atoms with Crippen molar-refractivity contribution >= 4 is 62.4 Å². The number of aromatic nitrogens is 4. The van der Waals surface area contributed by atoms with E-state index < -0.39 is 17.8 Å². The van der Waals surface area contributed by atoms with Crippen molar-refractivity contribution in [3.05, 3.63) is 83.3 Å². The van der Waals surface area contributed by atoms with Crippen LogP contribution in [0, 0.1) is 0 Å². The van der Waals surface area contributed by atoms with Crippen LogP contribution < -0.4 is 16.4 Å². The molecule has 8 nitrogen and oxygen atoms in total. The molecule has 0 saturated heterocycles. The number of nitrogens with zero attached hydrogens (tertiary/aromatic N) is 4. The van der Waals surface area contributed by atoms with E-state index in [1.165, 1.54) is 18.1 Å². The Labute approximate surface area is 235 Å². The third-order valence-electron chi connectivity index (χ3n) is 5.73. The number of amides is 1. The van der Waals surface area contributed by atoms with E-state index in [1.54, 1.807) is 30.3 Å². The summed E-state index contributed by atoms with van der Waals surface area (Å²) >= 11 is 2.14. The van der Waals surface area contributed by atoms with Crippen molar-refractivity contribution in [1.29, 1.82) is 0 Å². The lowest BCUT2D eigenvalue weighted by atomic mass is 10.1. The molecule has 0 saturated carbocycles. The molecule has 4 N–H and O–H groups in total. The lowest BCUT2D eigenvalue weighted by Crippen LogP contribution is -2.13. The number of halogens is 3. The molecule has 0 spiro atoms. The minimum Gasteiger partial charge on any atom is -0.399 e. The van der Waals surface area contributed by atoms with E-state index in [2.05, 4.69) is 30.6 Å². The zero-order chi connectivity index (χ0) is 28.4. The number of anilines is 4. The minimum atomic E-state index is -4.59. The summed E-state index contributed by atoms with van der Waals surface area (Å²) in [5.41, 5.74) is 7.58. The van der Waals surface area contributed by atoms with Gasteiger partial charge < -0.3 is 11.1 Å². The monoisotopic (exact) mass is 581 g/mol. The van der Waals surface area contributed by atoms with E-state index in [1.807, 2.05) is 38.1 Å². The molecule has 2 aromatic carbocycles. The van der Waals surface area contributed by atoms with Crippen molar-refractivity contribution in [2.75, 3.05) is 16.4 Å². The fourth-order valence-corrected chi connectivity index (χ4v) is 5.25. The van der Waals surface area contributed by atoms with Crippen molar-refractivity contribution in [2.45, 2.75) is 35.7 Å². The normalized spacial score (nSPS) is 11.7. The number of carbonyl (C=O) groups excluding carboxylic acids is 1. The highest BCUT2D eigenvalue weighted by molar-refractivity contribution is 7.99. The lowest BCUT2D eigenvalue weighted by molar-refractivity contribution is -0.140. The number of thiazole rings is 1. The summed E-state index contributed by atoms with van der Waals surface area (Å²) in [5.74, 6) is 0.101. The molecular formula is C27H22F3N7OS2. The van der Waals surface area contributed by atoms with Gasteiger partial charge in [-0.25, -0.2) is 19.9 Å². The number of rotatable bonds is 7. The van der Waals surface area contributed by atoms with Gasteiger partial charge in [-0.1, -0.05) is 25.6 Å². The first-order valence-corrected chi connectivity index (χ1v) is 13.7. The fourth-order valence-electron chi connectivity index (χ4n) is 3.66. The summed E-state index contributed by atoms with van der Waals surface area (Å²) in [7, 11) is 0. The molecule has 5 aromatic rings. The molecule has 0 unspecified atom stereocenters. The summed E-state index contributed by atoms with van der Waals surface area (Å²) in [4.78, 5) is 31.5. The summed E-state index contributed by atoms with van der Waals surface area (Å²) in [6.45, 7) is 4.09. The van der Waals surface area contributed by atoms with Crippen molar-refractivity contribution in [1.82, 2.24) is 19.9 Å². The van der Waals surface area contributed by atoms with Crippen LogP contribution in [0.2, 0.25) is 0 Å². The lowest BCUT2D eigenvalue weighted by Gasteiger charge is -2.15. The zero-order valence-electron chi connectivity index (χ0n) is 21.2. The Bertz CT molecular complexity index is 1690. The second-order valence-electron chi connectivity index (χ2n) is 8.98. The molecule has 0 bridgehead atoms. The highest BCUT2D eigenvalue weighted by atomic mass is 32.2. The Morgan fingerprint density at radius 3 is 2.50 bits per heavy atom. The predicted molar refractivity (Wildman–Crippen MR) is 151 cm³/mol. The average molecular weight is 582 g/mol. The van der Waals surface area contributed by atoms with Crippen LogP contribution in [0.1, 0.15) is 41.5 Å². The molecule has 0 atom stereocenters. The third kappa shape index (κ3) is 6.15. The predicted octanol–water partition coefficient (Wildman–Crippen LogP) is 7.35. The molecule has 0 aliphatic rings.